The Morgan fingerprint density at radius 3 is 0.882 bits per heavy atom. The maximum absolute atomic E-state index is 5.95. The van der Waals surface area contributed by atoms with Crippen LogP contribution in [0.1, 0.15) is 0 Å². The van der Waals surface area contributed by atoms with Gasteiger partial charge in [-0.15, -0.1) is 0 Å². The van der Waals surface area contributed by atoms with Crippen molar-refractivity contribution < 1.29 is 9.47 Å². The molecule has 0 heterocycles. The lowest BCUT2D eigenvalue weighted by Crippen LogP contribution is -2.40. The third-order valence-corrected chi connectivity index (χ3v) is 11.9. The molecule has 2 nitrogen and oxygen atoms in total. The molecule has 34 heavy (non-hydrogen) atoms. The van der Waals surface area contributed by atoms with Crippen molar-refractivity contribution in [3.8, 4) is 0 Å². The SMILES string of the molecule is COCC(C(COC)P(c1ccccc1)c1ccccc1)P(c1ccccc1)c1ccccc1. The molecule has 174 valence electrons. The van der Waals surface area contributed by atoms with E-state index in [4.69, 9.17) is 9.47 Å². The van der Waals surface area contributed by atoms with E-state index in [1.807, 2.05) is 14.2 Å². The molecule has 2 unspecified atom stereocenters. The lowest BCUT2D eigenvalue weighted by molar-refractivity contribution is 0.166. The van der Waals surface area contributed by atoms with E-state index in [9.17, 15) is 0 Å². The summed E-state index contributed by atoms with van der Waals surface area (Å²) in [5, 5.41) is 5.51. The number of benzene rings is 4. The lowest BCUT2D eigenvalue weighted by Gasteiger charge is -2.39. The fourth-order valence-electron chi connectivity index (χ4n) is 4.48. The van der Waals surface area contributed by atoms with Crippen molar-refractivity contribution in [1.82, 2.24) is 0 Å². The fraction of sp³-hybridized carbons (Fsp3) is 0.200. The van der Waals surface area contributed by atoms with Crippen molar-refractivity contribution in [3.63, 3.8) is 0 Å². The van der Waals surface area contributed by atoms with E-state index in [2.05, 4.69) is 121 Å². The van der Waals surface area contributed by atoms with Crippen molar-refractivity contribution >= 4 is 37.1 Å². The van der Waals surface area contributed by atoms with Gasteiger partial charge in [-0.05, 0) is 37.1 Å². The summed E-state index contributed by atoms with van der Waals surface area (Å²) < 4.78 is 11.9. The molecule has 0 fully saturated rings. The minimum absolute atomic E-state index is 0.288. The molecule has 0 spiro atoms. The van der Waals surface area contributed by atoms with Crippen LogP contribution < -0.4 is 21.2 Å². The summed E-state index contributed by atoms with van der Waals surface area (Å²) in [6.07, 6.45) is 0. The third kappa shape index (κ3) is 6.01. The number of ether oxygens (including phenoxy) is 2. The van der Waals surface area contributed by atoms with Gasteiger partial charge in [0.1, 0.15) is 0 Å². The molecular weight excluding hydrogens is 454 g/mol. The zero-order valence-electron chi connectivity index (χ0n) is 19.8. The van der Waals surface area contributed by atoms with Crippen molar-refractivity contribution in [2.45, 2.75) is 11.3 Å². The van der Waals surface area contributed by atoms with Crippen LogP contribution in [0.15, 0.2) is 121 Å². The maximum atomic E-state index is 5.95. The average molecular weight is 487 g/mol. The van der Waals surface area contributed by atoms with Gasteiger partial charge in [0, 0.05) is 25.5 Å². The molecule has 0 saturated carbocycles. The first-order valence-corrected chi connectivity index (χ1v) is 14.4. The number of methoxy groups -OCH3 is 2. The Labute approximate surface area is 206 Å². The Morgan fingerprint density at radius 1 is 0.441 bits per heavy atom. The molecule has 0 aliphatic heterocycles. The third-order valence-electron chi connectivity index (χ3n) is 5.92. The fourth-order valence-corrected chi connectivity index (χ4v) is 10.8. The maximum Gasteiger partial charge on any atom is 0.0542 e. The van der Waals surface area contributed by atoms with Crippen LogP contribution in [0.5, 0.6) is 0 Å². The number of hydrogen-bond acceptors (Lipinski definition) is 2. The van der Waals surface area contributed by atoms with Gasteiger partial charge in [-0.25, -0.2) is 0 Å². The minimum Gasteiger partial charge on any atom is -0.384 e. The lowest BCUT2D eigenvalue weighted by atomic mass is 10.3. The van der Waals surface area contributed by atoms with Gasteiger partial charge in [-0.1, -0.05) is 121 Å². The van der Waals surface area contributed by atoms with Crippen LogP contribution in [-0.2, 0) is 9.47 Å². The monoisotopic (exact) mass is 486 g/mol. The van der Waals surface area contributed by atoms with Crippen molar-refractivity contribution in [1.29, 1.82) is 0 Å². The molecule has 0 N–H and O–H groups in total. The molecular formula is C30H32O2P2. The Kier molecular flexibility index (Phi) is 9.43. The summed E-state index contributed by atoms with van der Waals surface area (Å²) in [7, 11) is 2.31. The largest absolute Gasteiger partial charge is 0.384 e. The van der Waals surface area contributed by atoms with E-state index in [0.717, 1.165) is 0 Å². The Bertz CT molecular complexity index is 922. The summed E-state index contributed by atoms with van der Waals surface area (Å²) >= 11 is 0. The van der Waals surface area contributed by atoms with E-state index >= 15 is 0 Å². The molecule has 0 saturated heterocycles. The Balaban J connectivity index is 1.88. The second-order valence-electron chi connectivity index (χ2n) is 8.13. The molecule has 0 aliphatic rings. The first kappa shape index (κ1) is 24.8. The second kappa shape index (κ2) is 12.9. The highest BCUT2D eigenvalue weighted by Crippen LogP contribution is 2.51. The Morgan fingerprint density at radius 2 is 0.676 bits per heavy atom. The van der Waals surface area contributed by atoms with Crippen molar-refractivity contribution in [3.05, 3.63) is 121 Å². The predicted octanol–water partition coefficient (Wildman–Crippen LogP) is 5.28. The summed E-state index contributed by atoms with van der Waals surface area (Å²) in [5.74, 6) is 0. The molecule has 0 radical (unpaired) electrons. The van der Waals surface area contributed by atoms with Crippen LogP contribution in [0.25, 0.3) is 0 Å². The van der Waals surface area contributed by atoms with Crippen LogP contribution in [-0.4, -0.2) is 38.8 Å². The van der Waals surface area contributed by atoms with Crippen LogP contribution in [0.4, 0.5) is 0 Å². The van der Waals surface area contributed by atoms with E-state index < -0.39 is 15.8 Å². The summed E-state index contributed by atoms with van der Waals surface area (Å²) in [6.45, 7) is 1.37. The first-order valence-electron chi connectivity index (χ1n) is 11.6. The second-order valence-corrected chi connectivity index (χ2v) is 13.0. The average Bonchev–Trinajstić information content (AvgIpc) is 2.91. The minimum atomic E-state index is -0.673. The van der Waals surface area contributed by atoms with E-state index in [1.165, 1.54) is 21.2 Å². The molecule has 0 aliphatic carbocycles. The van der Waals surface area contributed by atoms with Gasteiger partial charge in [0.15, 0.2) is 0 Å². The van der Waals surface area contributed by atoms with Crippen LogP contribution in [0.2, 0.25) is 0 Å². The smallest absolute Gasteiger partial charge is 0.0542 e. The van der Waals surface area contributed by atoms with Gasteiger partial charge in [0.25, 0.3) is 0 Å². The topological polar surface area (TPSA) is 18.5 Å². The highest BCUT2D eigenvalue weighted by molar-refractivity contribution is 7.77. The molecule has 0 aromatic heterocycles. The van der Waals surface area contributed by atoms with Gasteiger partial charge in [-0.2, -0.15) is 0 Å². The van der Waals surface area contributed by atoms with Crippen LogP contribution >= 0.6 is 15.8 Å². The standard InChI is InChI=1S/C30H32O2P2/c1-31-23-29(33(25-15-7-3-8-16-25)26-17-9-4-10-18-26)30(24-32-2)34(27-19-11-5-12-20-27)28-21-13-6-14-22-28/h3-22,29-30H,23-24H2,1-2H3. The molecule has 4 aromatic rings. The molecule has 4 rings (SSSR count). The highest BCUT2D eigenvalue weighted by atomic mass is 31.1. The molecule has 4 aromatic carbocycles. The molecule has 0 bridgehead atoms. The van der Waals surface area contributed by atoms with Gasteiger partial charge in [-0.3, -0.25) is 0 Å². The van der Waals surface area contributed by atoms with Crippen LogP contribution in [0.3, 0.4) is 0 Å². The normalized spacial score (nSPS) is 13.2. The predicted molar refractivity (Wildman–Crippen MR) is 149 cm³/mol. The van der Waals surface area contributed by atoms with Crippen molar-refractivity contribution in [2.24, 2.45) is 0 Å². The summed E-state index contributed by atoms with van der Waals surface area (Å²) in [6, 6.07) is 43.8. The molecule has 0 amide bonds. The highest BCUT2D eigenvalue weighted by Gasteiger charge is 2.37. The van der Waals surface area contributed by atoms with Crippen molar-refractivity contribution in [2.75, 3.05) is 27.4 Å². The van der Waals surface area contributed by atoms with Gasteiger partial charge in [0.05, 0.1) is 13.2 Å². The van der Waals surface area contributed by atoms with Gasteiger partial charge in [0.2, 0.25) is 0 Å². The van der Waals surface area contributed by atoms with Gasteiger partial charge < -0.3 is 9.47 Å². The van der Waals surface area contributed by atoms with E-state index in [0.29, 0.717) is 13.2 Å². The summed E-state index contributed by atoms with van der Waals surface area (Å²) in [5.41, 5.74) is 0.576. The number of rotatable bonds is 11. The zero-order valence-corrected chi connectivity index (χ0v) is 21.6. The first-order chi connectivity index (χ1) is 16.8. The molecule has 4 heteroatoms. The summed E-state index contributed by atoms with van der Waals surface area (Å²) in [4.78, 5) is 0. The van der Waals surface area contributed by atoms with E-state index in [-0.39, 0.29) is 11.3 Å². The zero-order chi connectivity index (χ0) is 23.6. The number of hydrogen-bond donors (Lipinski definition) is 0. The molecule has 2 atom stereocenters. The van der Waals surface area contributed by atoms with Gasteiger partial charge >= 0.3 is 0 Å². The van der Waals surface area contributed by atoms with E-state index in [1.54, 1.807) is 0 Å². The van der Waals surface area contributed by atoms with Crippen LogP contribution in [0, 0.1) is 0 Å². The quantitative estimate of drug-likeness (QED) is 0.269. The Hall–Kier alpha value is -2.34.